The molecule has 1 aliphatic rings. The Morgan fingerprint density at radius 3 is 2.75 bits per heavy atom. The number of nitrogens with zero attached hydrogens (tertiary/aromatic N) is 2. The monoisotopic (exact) mass is 303 g/mol. The summed E-state index contributed by atoms with van der Waals surface area (Å²) in [5.74, 6) is -0.00716. The fourth-order valence-electron chi connectivity index (χ4n) is 2.09. The maximum atomic E-state index is 11.3. The Bertz CT molecular complexity index is 494. The van der Waals surface area contributed by atoms with Gasteiger partial charge in [0.05, 0.1) is 12.9 Å². The van der Waals surface area contributed by atoms with Crippen molar-refractivity contribution in [2.45, 2.75) is 36.5 Å². The number of nitrogens with two attached hydrogens (primary N) is 1. The Kier molecular flexibility index (Phi) is 4.66. The van der Waals surface area contributed by atoms with Gasteiger partial charge in [0.1, 0.15) is 23.3 Å². The average molecular weight is 303 g/mol. The van der Waals surface area contributed by atoms with E-state index in [0.717, 1.165) is 0 Å². The molecule has 1 saturated heterocycles. The van der Waals surface area contributed by atoms with Crippen LogP contribution in [0.1, 0.15) is 23.6 Å². The molecule has 1 fully saturated rings. The average Bonchev–Trinajstić information content (AvgIpc) is 2.94. The predicted molar refractivity (Wildman–Crippen MR) is 70.2 cm³/mol. The smallest absolute Gasteiger partial charge is 0.270 e. The highest BCUT2D eigenvalue weighted by Gasteiger charge is 2.44. The number of aliphatic hydroxyl groups excluding tert-OH is 3. The fraction of sp³-hybridized carbons (Fsp3) is 0.636. The Hall–Kier alpha value is -1.13. The van der Waals surface area contributed by atoms with E-state index in [0.29, 0.717) is 10.8 Å². The third-order valence-electron chi connectivity index (χ3n) is 3.05. The number of amides is 1. The first kappa shape index (κ1) is 15.3. The number of carbonyl (C=O) groups excluding carboxylic acids is 1. The lowest BCUT2D eigenvalue weighted by Gasteiger charge is -2.18. The molecule has 1 amide bonds. The molecule has 8 nitrogen and oxygen atoms in total. The van der Waals surface area contributed by atoms with Crippen LogP contribution in [0.2, 0.25) is 0 Å². The highest BCUT2D eigenvalue weighted by atomic mass is 32.2. The number of ether oxygens (including phenoxy) is 1. The van der Waals surface area contributed by atoms with Crippen molar-refractivity contribution < 1.29 is 24.9 Å². The van der Waals surface area contributed by atoms with E-state index in [4.69, 9.17) is 15.6 Å². The number of rotatable bonds is 5. The van der Waals surface area contributed by atoms with Crippen molar-refractivity contribution in [1.29, 1.82) is 0 Å². The topological polar surface area (TPSA) is 131 Å². The number of imidazole rings is 1. The number of aliphatic hydroxyl groups is 3. The first-order valence-electron chi connectivity index (χ1n) is 6.13. The van der Waals surface area contributed by atoms with Gasteiger partial charge in [0.25, 0.3) is 5.91 Å². The molecule has 0 unspecified atom stereocenters. The summed E-state index contributed by atoms with van der Waals surface area (Å²) in [5.41, 5.74) is 5.34. The fourth-order valence-corrected chi connectivity index (χ4v) is 2.95. The maximum absolute atomic E-state index is 11.3. The van der Waals surface area contributed by atoms with Crippen LogP contribution < -0.4 is 5.73 Å². The zero-order valence-corrected chi connectivity index (χ0v) is 11.7. The first-order valence-corrected chi connectivity index (χ1v) is 7.11. The van der Waals surface area contributed by atoms with Gasteiger partial charge in [0.15, 0.2) is 11.9 Å². The Morgan fingerprint density at radius 1 is 1.55 bits per heavy atom. The highest BCUT2D eigenvalue weighted by molar-refractivity contribution is 7.99. The summed E-state index contributed by atoms with van der Waals surface area (Å²) in [4.78, 5) is 15.3. The molecule has 1 aromatic rings. The number of carbonyl (C=O) groups is 1. The SMILES string of the molecule is CCSc1c(C(N)=O)ncn1[C@@H]1O[C@H](CO)[C@@H](O)[C@H]1O. The second kappa shape index (κ2) is 6.10. The third-order valence-corrected chi connectivity index (χ3v) is 4.02. The van der Waals surface area contributed by atoms with Crippen LogP contribution in [0.5, 0.6) is 0 Å². The lowest BCUT2D eigenvalue weighted by atomic mass is 10.1. The quantitative estimate of drug-likeness (QED) is 0.497. The summed E-state index contributed by atoms with van der Waals surface area (Å²) in [6.07, 6.45) is -2.90. The number of thioether (sulfide) groups is 1. The predicted octanol–water partition coefficient (Wildman–Crippen LogP) is -1.29. The van der Waals surface area contributed by atoms with E-state index < -0.39 is 37.1 Å². The second-order valence-electron chi connectivity index (χ2n) is 4.33. The van der Waals surface area contributed by atoms with Crippen LogP contribution in [0.25, 0.3) is 0 Å². The van der Waals surface area contributed by atoms with Crippen LogP contribution in [0.3, 0.4) is 0 Å². The molecule has 0 spiro atoms. The molecule has 2 heterocycles. The maximum Gasteiger partial charge on any atom is 0.270 e. The van der Waals surface area contributed by atoms with Gasteiger partial charge in [-0.1, -0.05) is 6.92 Å². The standard InChI is InChI=1S/C11H17N3O5S/c1-2-20-11-6(9(12)18)13-4-14(11)10-8(17)7(16)5(3-15)19-10/h4-5,7-8,10,15-17H,2-3H2,1H3,(H2,12,18)/t5-,7-,8-,10-/m1/s1. The van der Waals surface area contributed by atoms with Gasteiger partial charge in [-0.15, -0.1) is 11.8 Å². The minimum absolute atomic E-state index is 0.0922. The molecule has 112 valence electrons. The Labute approximate surface area is 119 Å². The summed E-state index contributed by atoms with van der Waals surface area (Å²) < 4.78 is 6.86. The lowest BCUT2D eigenvalue weighted by Crippen LogP contribution is -2.33. The number of hydrogen-bond donors (Lipinski definition) is 4. The van der Waals surface area contributed by atoms with E-state index in [1.165, 1.54) is 22.7 Å². The van der Waals surface area contributed by atoms with Crippen molar-refractivity contribution in [3.63, 3.8) is 0 Å². The van der Waals surface area contributed by atoms with E-state index in [1.54, 1.807) is 0 Å². The van der Waals surface area contributed by atoms with Gasteiger partial charge < -0.3 is 25.8 Å². The number of aromatic nitrogens is 2. The summed E-state index contributed by atoms with van der Waals surface area (Å²) in [5, 5.41) is 29.3. The van der Waals surface area contributed by atoms with Crippen LogP contribution >= 0.6 is 11.8 Å². The molecule has 1 aromatic heterocycles. The zero-order chi connectivity index (χ0) is 14.9. The van der Waals surface area contributed by atoms with Crippen LogP contribution in [0, 0.1) is 0 Å². The van der Waals surface area contributed by atoms with Gasteiger partial charge in [0.2, 0.25) is 0 Å². The second-order valence-corrected chi connectivity index (χ2v) is 5.58. The van der Waals surface area contributed by atoms with Crippen LogP contribution in [-0.4, -0.2) is 61.4 Å². The summed E-state index contributed by atoms with van der Waals surface area (Å²) >= 11 is 1.33. The van der Waals surface area contributed by atoms with Crippen LogP contribution in [0.4, 0.5) is 0 Å². The van der Waals surface area contributed by atoms with E-state index in [1.807, 2.05) is 6.92 Å². The van der Waals surface area contributed by atoms with Crippen LogP contribution in [0.15, 0.2) is 11.4 Å². The van der Waals surface area contributed by atoms with E-state index in [9.17, 15) is 15.0 Å². The molecule has 0 aliphatic carbocycles. The van der Waals surface area contributed by atoms with Gasteiger partial charge in [-0.3, -0.25) is 9.36 Å². The minimum atomic E-state index is -1.22. The molecule has 1 aliphatic heterocycles. The number of hydrogen-bond acceptors (Lipinski definition) is 7. The highest BCUT2D eigenvalue weighted by Crippen LogP contribution is 2.34. The molecule has 20 heavy (non-hydrogen) atoms. The Balaban J connectivity index is 2.35. The van der Waals surface area contributed by atoms with Crippen molar-refractivity contribution >= 4 is 17.7 Å². The van der Waals surface area contributed by atoms with Crippen molar-refractivity contribution in [3.05, 3.63) is 12.0 Å². The normalized spacial score (nSPS) is 29.8. The summed E-state index contributed by atoms with van der Waals surface area (Å²) in [6, 6.07) is 0. The molecule has 0 saturated carbocycles. The molecule has 4 atom stereocenters. The van der Waals surface area contributed by atoms with Crippen LogP contribution in [-0.2, 0) is 4.74 Å². The molecular formula is C11H17N3O5S. The van der Waals surface area contributed by atoms with Gasteiger partial charge in [-0.05, 0) is 5.75 Å². The molecule has 5 N–H and O–H groups in total. The van der Waals surface area contributed by atoms with Crippen molar-refractivity contribution in [1.82, 2.24) is 9.55 Å². The lowest BCUT2D eigenvalue weighted by molar-refractivity contribution is -0.0563. The molecule has 0 radical (unpaired) electrons. The van der Waals surface area contributed by atoms with Gasteiger partial charge in [-0.25, -0.2) is 4.98 Å². The first-order chi connectivity index (χ1) is 9.51. The Morgan fingerprint density at radius 2 is 2.25 bits per heavy atom. The number of primary amides is 1. The van der Waals surface area contributed by atoms with Crippen molar-refractivity contribution in [2.75, 3.05) is 12.4 Å². The zero-order valence-electron chi connectivity index (χ0n) is 10.8. The van der Waals surface area contributed by atoms with E-state index >= 15 is 0 Å². The van der Waals surface area contributed by atoms with Crippen molar-refractivity contribution in [3.8, 4) is 0 Å². The minimum Gasteiger partial charge on any atom is -0.394 e. The van der Waals surface area contributed by atoms with E-state index in [2.05, 4.69) is 4.98 Å². The molecule has 0 bridgehead atoms. The van der Waals surface area contributed by atoms with Gasteiger partial charge in [-0.2, -0.15) is 0 Å². The molecule has 2 rings (SSSR count). The molecule has 0 aromatic carbocycles. The molecule has 9 heteroatoms. The summed E-state index contributed by atoms with van der Waals surface area (Å²) in [6.45, 7) is 1.48. The third kappa shape index (κ3) is 2.54. The molecular weight excluding hydrogens is 286 g/mol. The van der Waals surface area contributed by atoms with Crippen molar-refractivity contribution in [2.24, 2.45) is 5.73 Å². The van der Waals surface area contributed by atoms with Gasteiger partial charge >= 0.3 is 0 Å². The van der Waals surface area contributed by atoms with E-state index in [-0.39, 0.29) is 5.69 Å². The largest absolute Gasteiger partial charge is 0.394 e. The van der Waals surface area contributed by atoms with Gasteiger partial charge in [0, 0.05) is 0 Å². The summed E-state index contributed by atoms with van der Waals surface area (Å²) in [7, 11) is 0.